The summed E-state index contributed by atoms with van der Waals surface area (Å²) in [4.78, 5) is 37.4. The number of nitrogens with two attached hydrogens (primary N) is 1. The number of carbonyl (C=O) groups is 2. The zero-order valence-electron chi connectivity index (χ0n) is 18.3. The van der Waals surface area contributed by atoms with Crippen LogP contribution in [0.15, 0.2) is 67.0 Å². The SMILES string of the molecule is C[C@@H]1CN(c2ncc(C(=O)Nc3ccccc3N)cn2)CCN1C(=O)OCc1ccccc1. The van der Waals surface area contributed by atoms with Gasteiger partial charge in [0, 0.05) is 38.1 Å². The number of benzene rings is 2. The Kier molecular flexibility index (Phi) is 6.68. The fourth-order valence-electron chi connectivity index (χ4n) is 3.62. The van der Waals surface area contributed by atoms with Crippen LogP contribution in [-0.2, 0) is 11.3 Å². The molecule has 1 aromatic heterocycles. The van der Waals surface area contributed by atoms with Crippen molar-refractivity contribution in [2.75, 3.05) is 35.6 Å². The lowest BCUT2D eigenvalue weighted by atomic mass is 10.2. The lowest BCUT2D eigenvalue weighted by molar-refractivity contribution is 0.0793. The van der Waals surface area contributed by atoms with E-state index in [1.807, 2.05) is 42.2 Å². The summed E-state index contributed by atoms with van der Waals surface area (Å²) >= 11 is 0. The third-order valence-electron chi connectivity index (χ3n) is 5.46. The summed E-state index contributed by atoms with van der Waals surface area (Å²) in [7, 11) is 0. The average molecular weight is 447 g/mol. The van der Waals surface area contributed by atoms with Crippen LogP contribution in [0, 0.1) is 0 Å². The van der Waals surface area contributed by atoms with Crippen molar-refractivity contribution in [1.29, 1.82) is 0 Å². The number of nitrogens with one attached hydrogen (secondary N) is 1. The summed E-state index contributed by atoms with van der Waals surface area (Å²) in [5.74, 6) is 0.175. The monoisotopic (exact) mass is 446 g/mol. The molecule has 1 aliphatic rings. The van der Waals surface area contributed by atoms with Crippen LogP contribution >= 0.6 is 0 Å². The molecule has 1 saturated heterocycles. The van der Waals surface area contributed by atoms with Gasteiger partial charge in [0.05, 0.1) is 16.9 Å². The minimum atomic E-state index is -0.334. The van der Waals surface area contributed by atoms with Crippen molar-refractivity contribution in [3.63, 3.8) is 0 Å². The molecule has 33 heavy (non-hydrogen) atoms. The van der Waals surface area contributed by atoms with Crippen molar-refractivity contribution in [2.45, 2.75) is 19.6 Å². The predicted octanol–water partition coefficient (Wildman–Crippen LogP) is 3.16. The first-order valence-electron chi connectivity index (χ1n) is 10.7. The molecule has 0 spiro atoms. The molecule has 3 N–H and O–H groups in total. The summed E-state index contributed by atoms with van der Waals surface area (Å²) in [5, 5.41) is 2.76. The highest BCUT2D eigenvalue weighted by atomic mass is 16.6. The molecule has 9 nitrogen and oxygen atoms in total. The van der Waals surface area contributed by atoms with E-state index in [1.165, 1.54) is 12.4 Å². The quantitative estimate of drug-likeness (QED) is 0.579. The molecule has 4 rings (SSSR count). The number of anilines is 3. The third kappa shape index (κ3) is 5.38. The number of para-hydroxylation sites is 2. The van der Waals surface area contributed by atoms with Gasteiger partial charge < -0.3 is 25.6 Å². The minimum absolute atomic E-state index is 0.0744. The first kappa shape index (κ1) is 22.1. The topological polar surface area (TPSA) is 114 Å². The number of nitrogens with zero attached hydrogens (tertiary/aromatic N) is 4. The van der Waals surface area contributed by atoms with Crippen LogP contribution in [0.5, 0.6) is 0 Å². The Hall–Kier alpha value is -4.14. The molecule has 1 atom stereocenters. The van der Waals surface area contributed by atoms with Crippen LogP contribution in [0.2, 0.25) is 0 Å². The highest BCUT2D eigenvalue weighted by Gasteiger charge is 2.29. The third-order valence-corrected chi connectivity index (χ3v) is 5.46. The van der Waals surface area contributed by atoms with Crippen LogP contribution in [0.25, 0.3) is 0 Å². The van der Waals surface area contributed by atoms with Crippen LogP contribution in [0.4, 0.5) is 22.1 Å². The van der Waals surface area contributed by atoms with Gasteiger partial charge in [0.1, 0.15) is 6.61 Å². The van der Waals surface area contributed by atoms with E-state index in [9.17, 15) is 9.59 Å². The Labute approximate surface area is 192 Å². The second-order valence-corrected chi connectivity index (χ2v) is 7.84. The molecule has 0 bridgehead atoms. The standard InChI is InChI=1S/C24H26N6O3/c1-17-15-29(11-12-30(17)24(32)33-16-18-7-3-2-4-8-18)23-26-13-19(14-27-23)22(31)28-21-10-6-5-9-20(21)25/h2-10,13-14,17H,11-12,15-16,25H2,1H3,(H,28,31)/t17-/m1/s1. The summed E-state index contributed by atoms with van der Waals surface area (Å²) in [6.45, 7) is 3.83. The van der Waals surface area contributed by atoms with E-state index in [0.29, 0.717) is 42.5 Å². The van der Waals surface area contributed by atoms with Crippen LogP contribution < -0.4 is 16.0 Å². The number of nitrogen functional groups attached to an aromatic ring is 1. The molecule has 170 valence electrons. The number of aromatic nitrogens is 2. The zero-order chi connectivity index (χ0) is 23.2. The Morgan fingerprint density at radius 1 is 1.06 bits per heavy atom. The van der Waals surface area contributed by atoms with Gasteiger partial charge in [-0.3, -0.25) is 4.79 Å². The molecule has 0 saturated carbocycles. The highest BCUT2D eigenvalue weighted by molar-refractivity contribution is 6.05. The van der Waals surface area contributed by atoms with Crippen molar-refractivity contribution in [3.05, 3.63) is 78.1 Å². The van der Waals surface area contributed by atoms with E-state index in [2.05, 4.69) is 15.3 Å². The lowest BCUT2D eigenvalue weighted by Crippen LogP contribution is -2.54. The average Bonchev–Trinajstić information content (AvgIpc) is 2.84. The first-order chi connectivity index (χ1) is 16.0. The van der Waals surface area contributed by atoms with E-state index in [0.717, 1.165) is 5.56 Å². The smallest absolute Gasteiger partial charge is 0.410 e. The first-order valence-corrected chi connectivity index (χ1v) is 10.7. The number of piperazine rings is 1. The Morgan fingerprint density at radius 3 is 2.45 bits per heavy atom. The second-order valence-electron chi connectivity index (χ2n) is 7.84. The lowest BCUT2D eigenvalue weighted by Gasteiger charge is -2.39. The molecule has 2 amide bonds. The van der Waals surface area contributed by atoms with Crippen LogP contribution in [0.1, 0.15) is 22.8 Å². The summed E-state index contributed by atoms with van der Waals surface area (Å²) in [6, 6.07) is 16.6. The summed E-state index contributed by atoms with van der Waals surface area (Å²) in [6.07, 6.45) is 2.64. The Morgan fingerprint density at radius 2 is 1.76 bits per heavy atom. The van der Waals surface area contributed by atoms with E-state index in [4.69, 9.17) is 10.5 Å². The van der Waals surface area contributed by atoms with E-state index < -0.39 is 0 Å². The Bertz CT molecular complexity index is 1110. The van der Waals surface area contributed by atoms with Gasteiger partial charge in [-0.05, 0) is 24.6 Å². The number of ether oxygens (including phenoxy) is 1. The zero-order valence-corrected chi connectivity index (χ0v) is 18.3. The fourth-order valence-corrected chi connectivity index (χ4v) is 3.62. The van der Waals surface area contributed by atoms with Gasteiger partial charge >= 0.3 is 6.09 Å². The van der Waals surface area contributed by atoms with Crippen molar-refractivity contribution in [1.82, 2.24) is 14.9 Å². The van der Waals surface area contributed by atoms with Crippen molar-refractivity contribution < 1.29 is 14.3 Å². The molecular formula is C24H26N6O3. The minimum Gasteiger partial charge on any atom is -0.445 e. The van der Waals surface area contributed by atoms with Gasteiger partial charge in [-0.25, -0.2) is 14.8 Å². The van der Waals surface area contributed by atoms with Crippen molar-refractivity contribution >= 4 is 29.3 Å². The maximum absolute atomic E-state index is 12.5. The molecule has 0 radical (unpaired) electrons. The molecule has 1 aliphatic heterocycles. The van der Waals surface area contributed by atoms with Gasteiger partial charge in [0.25, 0.3) is 5.91 Å². The Balaban J connectivity index is 1.32. The number of hydrogen-bond acceptors (Lipinski definition) is 7. The predicted molar refractivity (Wildman–Crippen MR) is 126 cm³/mol. The molecule has 2 heterocycles. The highest BCUT2D eigenvalue weighted by Crippen LogP contribution is 2.19. The van der Waals surface area contributed by atoms with Gasteiger partial charge in [-0.2, -0.15) is 0 Å². The van der Waals surface area contributed by atoms with Gasteiger partial charge in [0.2, 0.25) is 5.95 Å². The van der Waals surface area contributed by atoms with Crippen LogP contribution in [-0.4, -0.2) is 52.5 Å². The van der Waals surface area contributed by atoms with Gasteiger partial charge in [0.15, 0.2) is 0 Å². The number of carbonyl (C=O) groups excluding carboxylic acids is 2. The summed E-state index contributed by atoms with van der Waals surface area (Å²) < 4.78 is 5.46. The normalized spacial score (nSPS) is 15.7. The number of amides is 2. The van der Waals surface area contributed by atoms with E-state index >= 15 is 0 Å². The van der Waals surface area contributed by atoms with Crippen molar-refractivity contribution in [3.8, 4) is 0 Å². The van der Waals surface area contributed by atoms with Gasteiger partial charge in [-0.15, -0.1) is 0 Å². The molecular weight excluding hydrogens is 420 g/mol. The number of hydrogen-bond donors (Lipinski definition) is 2. The molecule has 0 aliphatic carbocycles. The molecule has 0 unspecified atom stereocenters. The number of rotatable bonds is 5. The van der Waals surface area contributed by atoms with Crippen LogP contribution in [0.3, 0.4) is 0 Å². The molecule has 1 fully saturated rings. The fraction of sp³-hybridized carbons (Fsp3) is 0.250. The maximum Gasteiger partial charge on any atom is 0.410 e. The largest absolute Gasteiger partial charge is 0.445 e. The molecule has 2 aromatic carbocycles. The maximum atomic E-state index is 12.5. The molecule has 3 aromatic rings. The van der Waals surface area contributed by atoms with E-state index in [1.54, 1.807) is 29.2 Å². The second kappa shape index (κ2) is 9.99. The van der Waals surface area contributed by atoms with Gasteiger partial charge in [-0.1, -0.05) is 42.5 Å². The van der Waals surface area contributed by atoms with Crippen molar-refractivity contribution in [2.24, 2.45) is 0 Å². The summed E-state index contributed by atoms with van der Waals surface area (Å²) in [5.41, 5.74) is 8.17. The molecule has 9 heteroatoms. The van der Waals surface area contributed by atoms with E-state index in [-0.39, 0.29) is 24.6 Å².